The van der Waals surface area contributed by atoms with Crippen LogP contribution in [0.4, 0.5) is 0 Å². The molecule has 50 valence electrons. The Balaban J connectivity index is 2.57. The maximum atomic E-state index is 10.5. The van der Waals surface area contributed by atoms with E-state index >= 15 is 0 Å². The van der Waals surface area contributed by atoms with E-state index in [0.29, 0.717) is 6.42 Å². The third-order valence-corrected chi connectivity index (χ3v) is 1.23. The summed E-state index contributed by atoms with van der Waals surface area (Å²) >= 11 is 0. The molecule has 0 radical (unpaired) electrons. The van der Waals surface area contributed by atoms with Crippen LogP contribution in [0.1, 0.15) is 13.3 Å². The van der Waals surface area contributed by atoms with Gasteiger partial charge in [0.15, 0.2) is 0 Å². The minimum absolute atomic E-state index is 0.102. The van der Waals surface area contributed by atoms with Crippen LogP contribution in [0.5, 0.6) is 0 Å². The van der Waals surface area contributed by atoms with Crippen LogP contribution < -0.4 is 5.43 Å². The summed E-state index contributed by atoms with van der Waals surface area (Å²) in [6.45, 7) is 1.75. The van der Waals surface area contributed by atoms with Gasteiger partial charge < -0.3 is 0 Å². The Kier molecular flexibility index (Phi) is 1.33. The molecule has 5 nitrogen and oxygen atoms in total. The molecule has 0 aromatic heterocycles. The highest BCUT2D eigenvalue weighted by atomic mass is 16.3. The SMILES string of the molecule is CC1CC(=O)NN1N=O. The Bertz CT molecular complexity index is 147. The van der Waals surface area contributed by atoms with Gasteiger partial charge in [-0.25, -0.2) is 5.43 Å². The Hall–Kier alpha value is -1.13. The van der Waals surface area contributed by atoms with Crippen molar-refractivity contribution >= 4 is 5.91 Å². The highest BCUT2D eigenvalue weighted by Crippen LogP contribution is 2.07. The summed E-state index contributed by atoms with van der Waals surface area (Å²) in [5.74, 6) is -0.151. The summed E-state index contributed by atoms with van der Waals surface area (Å²) in [6, 6.07) is -0.102. The van der Waals surface area contributed by atoms with E-state index in [1.807, 2.05) is 0 Å². The van der Waals surface area contributed by atoms with Gasteiger partial charge in [0.25, 0.3) is 0 Å². The molecule has 0 bridgehead atoms. The molecule has 0 spiro atoms. The number of hydrogen-bond acceptors (Lipinski definition) is 3. The fourth-order valence-corrected chi connectivity index (χ4v) is 0.739. The van der Waals surface area contributed by atoms with Crippen molar-refractivity contribution in [2.45, 2.75) is 19.4 Å². The molecule has 1 aliphatic heterocycles. The summed E-state index contributed by atoms with van der Waals surface area (Å²) in [7, 11) is 0. The first-order chi connectivity index (χ1) is 4.24. The number of amides is 1. The quantitative estimate of drug-likeness (QED) is 0.498. The van der Waals surface area contributed by atoms with Gasteiger partial charge in [-0.2, -0.15) is 5.12 Å². The summed E-state index contributed by atoms with van der Waals surface area (Å²) in [4.78, 5) is 20.3. The molecule has 1 rings (SSSR count). The summed E-state index contributed by atoms with van der Waals surface area (Å²) in [5.41, 5.74) is 2.27. The molecule has 1 atom stereocenters. The zero-order valence-corrected chi connectivity index (χ0v) is 5.00. The average Bonchev–Trinajstić information content (AvgIpc) is 2.10. The van der Waals surface area contributed by atoms with Gasteiger partial charge in [0.05, 0.1) is 17.7 Å². The predicted molar refractivity (Wildman–Crippen MR) is 29.9 cm³/mol. The number of hydrazine groups is 1. The largest absolute Gasteiger partial charge is 0.273 e. The standard InChI is InChI=1S/C4H7N3O2/c1-3-2-4(8)5-7(3)6-9/h3H,2H2,1H3,(H,5,8). The summed E-state index contributed by atoms with van der Waals surface area (Å²) < 4.78 is 0. The minimum Gasteiger partial charge on any atom is -0.273 e. The van der Waals surface area contributed by atoms with Crippen LogP contribution >= 0.6 is 0 Å². The number of nitroso groups, excluding NO2 is 1. The highest BCUT2D eigenvalue weighted by Gasteiger charge is 2.25. The van der Waals surface area contributed by atoms with Crippen molar-refractivity contribution in [1.29, 1.82) is 0 Å². The van der Waals surface area contributed by atoms with Crippen molar-refractivity contribution < 1.29 is 4.79 Å². The summed E-state index contributed by atoms with van der Waals surface area (Å²) in [5, 5.41) is 3.59. The number of nitrogens with zero attached hydrogens (tertiary/aromatic N) is 2. The minimum atomic E-state index is -0.151. The second kappa shape index (κ2) is 2.00. The lowest BCUT2D eigenvalue weighted by molar-refractivity contribution is -0.121. The molecule has 1 aliphatic rings. The fraction of sp³-hybridized carbons (Fsp3) is 0.750. The van der Waals surface area contributed by atoms with Crippen molar-refractivity contribution in [3.05, 3.63) is 4.91 Å². The van der Waals surface area contributed by atoms with E-state index in [1.54, 1.807) is 6.92 Å². The van der Waals surface area contributed by atoms with E-state index in [9.17, 15) is 9.70 Å². The molecule has 9 heavy (non-hydrogen) atoms. The van der Waals surface area contributed by atoms with Crippen LogP contribution in [0.3, 0.4) is 0 Å². The highest BCUT2D eigenvalue weighted by molar-refractivity contribution is 5.77. The zero-order valence-electron chi connectivity index (χ0n) is 5.00. The molecular formula is C4H7N3O2. The topological polar surface area (TPSA) is 61.8 Å². The average molecular weight is 129 g/mol. The number of rotatable bonds is 1. The molecule has 0 aromatic carbocycles. The first kappa shape index (κ1) is 6.00. The van der Waals surface area contributed by atoms with Gasteiger partial charge in [0, 0.05) is 0 Å². The first-order valence-electron chi connectivity index (χ1n) is 2.66. The van der Waals surface area contributed by atoms with Gasteiger partial charge in [-0.05, 0) is 6.92 Å². The van der Waals surface area contributed by atoms with Crippen LogP contribution in [0.2, 0.25) is 0 Å². The molecule has 1 heterocycles. The molecule has 1 saturated heterocycles. The second-order valence-corrected chi connectivity index (χ2v) is 2.01. The number of hydrogen-bond donors (Lipinski definition) is 1. The first-order valence-corrected chi connectivity index (χ1v) is 2.66. The van der Waals surface area contributed by atoms with Gasteiger partial charge in [0.1, 0.15) is 0 Å². The predicted octanol–water partition coefficient (Wildman–Crippen LogP) is -0.207. The van der Waals surface area contributed by atoms with E-state index in [4.69, 9.17) is 0 Å². The van der Waals surface area contributed by atoms with Crippen LogP contribution in [0, 0.1) is 4.91 Å². The molecule has 0 aliphatic carbocycles. The summed E-state index contributed by atoms with van der Waals surface area (Å²) in [6.07, 6.45) is 0.353. The monoisotopic (exact) mass is 129 g/mol. The lowest BCUT2D eigenvalue weighted by atomic mass is 10.3. The van der Waals surface area contributed by atoms with Crippen LogP contribution in [-0.2, 0) is 4.79 Å². The molecular weight excluding hydrogens is 122 g/mol. The molecule has 0 aromatic rings. The Morgan fingerprint density at radius 2 is 2.56 bits per heavy atom. The molecule has 5 heteroatoms. The third-order valence-electron chi connectivity index (χ3n) is 1.23. The maximum Gasteiger partial charge on any atom is 0.242 e. The third kappa shape index (κ3) is 0.984. The lowest BCUT2D eigenvalue weighted by Gasteiger charge is -2.09. The van der Waals surface area contributed by atoms with Crippen LogP contribution in [0.15, 0.2) is 5.29 Å². The van der Waals surface area contributed by atoms with Gasteiger partial charge in [-0.3, -0.25) is 4.79 Å². The lowest BCUT2D eigenvalue weighted by Crippen LogP contribution is -2.31. The maximum absolute atomic E-state index is 10.5. The Morgan fingerprint density at radius 1 is 1.89 bits per heavy atom. The van der Waals surface area contributed by atoms with E-state index in [1.165, 1.54) is 0 Å². The zero-order chi connectivity index (χ0) is 6.85. The van der Waals surface area contributed by atoms with Crippen molar-refractivity contribution in [3.8, 4) is 0 Å². The Morgan fingerprint density at radius 3 is 2.78 bits per heavy atom. The van der Waals surface area contributed by atoms with Crippen molar-refractivity contribution in [3.63, 3.8) is 0 Å². The van der Waals surface area contributed by atoms with Crippen LogP contribution in [0.25, 0.3) is 0 Å². The fourth-order valence-electron chi connectivity index (χ4n) is 0.739. The number of carbonyl (C=O) groups is 1. The van der Waals surface area contributed by atoms with E-state index in [-0.39, 0.29) is 11.9 Å². The van der Waals surface area contributed by atoms with Gasteiger partial charge in [-0.1, -0.05) is 0 Å². The second-order valence-electron chi connectivity index (χ2n) is 2.01. The van der Waals surface area contributed by atoms with Crippen molar-refractivity contribution in [1.82, 2.24) is 10.5 Å². The van der Waals surface area contributed by atoms with Gasteiger partial charge in [-0.15, -0.1) is 4.91 Å². The molecule has 1 N–H and O–H groups in total. The normalized spacial score (nSPS) is 26.1. The van der Waals surface area contributed by atoms with E-state index in [0.717, 1.165) is 5.12 Å². The van der Waals surface area contributed by atoms with E-state index in [2.05, 4.69) is 10.7 Å². The number of nitrogens with one attached hydrogen (secondary N) is 1. The molecule has 0 saturated carbocycles. The van der Waals surface area contributed by atoms with E-state index < -0.39 is 0 Å². The smallest absolute Gasteiger partial charge is 0.242 e. The molecule has 1 unspecified atom stereocenters. The molecule has 1 amide bonds. The Labute approximate surface area is 51.9 Å². The number of carbonyl (C=O) groups excluding carboxylic acids is 1. The van der Waals surface area contributed by atoms with Crippen molar-refractivity contribution in [2.75, 3.05) is 0 Å². The van der Waals surface area contributed by atoms with Gasteiger partial charge in [0.2, 0.25) is 5.91 Å². The molecule has 1 fully saturated rings. The van der Waals surface area contributed by atoms with Crippen LogP contribution in [-0.4, -0.2) is 17.1 Å². The van der Waals surface area contributed by atoms with Gasteiger partial charge >= 0.3 is 0 Å². The van der Waals surface area contributed by atoms with Crippen molar-refractivity contribution in [2.24, 2.45) is 5.29 Å².